The predicted octanol–water partition coefficient (Wildman–Crippen LogP) is 5.19. The number of para-hydroxylation sites is 1. The minimum absolute atomic E-state index is 0.153. The molecule has 0 saturated carbocycles. The number of fused-ring (bicyclic) bond motifs is 1. The molecule has 5 nitrogen and oxygen atoms in total. The molecule has 168 valence electrons. The number of Topliss-reactive ketones (excluding diaryl/α,β-unsaturated/α-hetero) is 1. The van der Waals surface area contributed by atoms with Crippen molar-refractivity contribution >= 4 is 17.8 Å². The second kappa shape index (κ2) is 9.43. The lowest BCUT2D eigenvalue weighted by Crippen LogP contribution is -2.28. The van der Waals surface area contributed by atoms with Gasteiger partial charge in [0.05, 0.1) is 18.8 Å². The molecule has 0 bridgehead atoms. The van der Waals surface area contributed by atoms with Gasteiger partial charge >= 0.3 is 5.97 Å². The summed E-state index contributed by atoms with van der Waals surface area (Å²) in [6.45, 7) is 1.95. The molecule has 0 fully saturated rings. The number of benzene rings is 3. The smallest absolute Gasteiger partial charge is 0.337 e. The van der Waals surface area contributed by atoms with Crippen molar-refractivity contribution < 1.29 is 24.2 Å². The lowest BCUT2D eigenvalue weighted by atomic mass is 9.85. The second-order valence-electron chi connectivity index (χ2n) is 8.19. The standard InChI is InChI=1S/C28H26O5/c1-19(33-22-8-4-3-5-9-22)16-17-28(31)24-11-7-6-10-23(24)26(29)25(28)18-20-12-14-21(15-13-20)27(30)32-2/h3-15,18-19,31H,16-17H2,1-2H3/b25-18-. The third-order valence-corrected chi connectivity index (χ3v) is 5.94. The van der Waals surface area contributed by atoms with Crippen LogP contribution in [0.15, 0.2) is 84.4 Å². The molecule has 0 amide bonds. The van der Waals surface area contributed by atoms with E-state index in [-0.39, 0.29) is 11.9 Å². The second-order valence-corrected chi connectivity index (χ2v) is 8.19. The molecule has 0 aliphatic heterocycles. The summed E-state index contributed by atoms with van der Waals surface area (Å²) >= 11 is 0. The van der Waals surface area contributed by atoms with Crippen molar-refractivity contribution in [3.63, 3.8) is 0 Å². The summed E-state index contributed by atoms with van der Waals surface area (Å²) in [7, 11) is 1.33. The first-order chi connectivity index (χ1) is 15.9. The molecule has 1 aliphatic carbocycles. The molecule has 5 heteroatoms. The zero-order valence-electron chi connectivity index (χ0n) is 18.7. The average molecular weight is 443 g/mol. The van der Waals surface area contributed by atoms with Gasteiger partial charge in [-0.15, -0.1) is 0 Å². The van der Waals surface area contributed by atoms with Crippen LogP contribution in [0.2, 0.25) is 0 Å². The SMILES string of the molecule is COC(=O)c1ccc(/C=C2/C(=O)c3ccccc3C2(O)CCC(C)Oc2ccccc2)cc1. The molecule has 0 aromatic heterocycles. The topological polar surface area (TPSA) is 72.8 Å². The van der Waals surface area contributed by atoms with Gasteiger partial charge in [-0.25, -0.2) is 4.79 Å². The van der Waals surface area contributed by atoms with E-state index in [0.717, 1.165) is 5.75 Å². The first-order valence-electron chi connectivity index (χ1n) is 10.9. The first-order valence-corrected chi connectivity index (χ1v) is 10.9. The lowest BCUT2D eigenvalue weighted by Gasteiger charge is -2.27. The van der Waals surface area contributed by atoms with Crippen molar-refractivity contribution in [3.8, 4) is 5.75 Å². The largest absolute Gasteiger partial charge is 0.491 e. The molecular formula is C28H26O5. The fourth-order valence-electron chi connectivity index (χ4n) is 4.18. The van der Waals surface area contributed by atoms with Gasteiger partial charge in [-0.3, -0.25) is 4.79 Å². The zero-order valence-corrected chi connectivity index (χ0v) is 18.7. The number of esters is 1. The molecular weight excluding hydrogens is 416 g/mol. The number of carbonyl (C=O) groups is 2. The molecule has 0 spiro atoms. The van der Waals surface area contributed by atoms with Crippen LogP contribution in [-0.4, -0.2) is 30.1 Å². The Balaban J connectivity index is 1.62. The number of aliphatic hydroxyl groups is 1. The molecule has 0 saturated heterocycles. The highest BCUT2D eigenvalue weighted by Crippen LogP contribution is 2.45. The molecule has 2 unspecified atom stereocenters. The minimum atomic E-state index is -1.43. The Labute approximate surface area is 193 Å². The molecule has 3 aromatic rings. The number of carbonyl (C=O) groups excluding carboxylic acids is 2. The minimum Gasteiger partial charge on any atom is -0.491 e. The van der Waals surface area contributed by atoms with Crippen LogP contribution in [0.25, 0.3) is 6.08 Å². The Bertz CT molecular complexity index is 1180. The van der Waals surface area contributed by atoms with Gasteiger partial charge in [0.15, 0.2) is 5.78 Å². The van der Waals surface area contributed by atoms with Gasteiger partial charge in [0.1, 0.15) is 11.4 Å². The third-order valence-electron chi connectivity index (χ3n) is 5.94. The van der Waals surface area contributed by atoms with Crippen molar-refractivity contribution in [2.24, 2.45) is 0 Å². The van der Waals surface area contributed by atoms with Gasteiger partial charge in [-0.05, 0) is 61.2 Å². The van der Waals surface area contributed by atoms with Crippen LogP contribution in [-0.2, 0) is 10.3 Å². The van der Waals surface area contributed by atoms with E-state index < -0.39 is 11.6 Å². The maximum atomic E-state index is 13.2. The number of ether oxygens (including phenoxy) is 2. The summed E-state index contributed by atoms with van der Waals surface area (Å²) in [5.41, 5.74) is 1.15. The monoisotopic (exact) mass is 442 g/mol. The maximum Gasteiger partial charge on any atom is 0.337 e. The number of hydrogen-bond acceptors (Lipinski definition) is 5. The lowest BCUT2D eigenvalue weighted by molar-refractivity contribution is 0.0545. The van der Waals surface area contributed by atoms with Crippen molar-refractivity contribution in [1.29, 1.82) is 0 Å². The Morgan fingerprint density at radius 1 is 1.00 bits per heavy atom. The van der Waals surface area contributed by atoms with Gasteiger partial charge in [0.2, 0.25) is 0 Å². The summed E-state index contributed by atoms with van der Waals surface area (Å²) in [6, 6.07) is 23.4. The Morgan fingerprint density at radius 2 is 1.67 bits per heavy atom. The van der Waals surface area contributed by atoms with Gasteiger partial charge in [0, 0.05) is 11.1 Å². The van der Waals surface area contributed by atoms with E-state index in [1.807, 2.05) is 43.3 Å². The van der Waals surface area contributed by atoms with Crippen molar-refractivity contribution in [1.82, 2.24) is 0 Å². The van der Waals surface area contributed by atoms with E-state index in [2.05, 4.69) is 0 Å². The van der Waals surface area contributed by atoms with Crippen molar-refractivity contribution in [3.05, 3.63) is 107 Å². The van der Waals surface area contributed by atoms with E-state index in [1.54, 1.807) is 48.5 Å². The Hall–Kier alpha value is -3.70. The molecule has 1 N–H and O–H groups in total. The van der Waals surface area contributed by atoms with Crippen LogP contribution in [0.3, 0.4) is 0 Å². The van der Waals surface area contributed by atoms with Crippen LogP contribution in [0.1, 0.15) is 51.6 Å². The maximum absolute atomic E-state index is 13.2. The Kier molecular flexibility index (Phi) is 6.43. The summed E-state index contributed by atoms with van der Waals surface area (Å²) in [5, 5.41) is 11.8. The van der Waals surface area contributed by atoms with Crippen molar-refractivity contribution in [2.75, 3.05) is 7.11 Å². The number of hydrogen-bond donors (Lipinski definition) is 1. The molecule has 0 heterocycles. The zero-order chi connectivity index (χ0) is 23.4. The fraction of sp³-hybridized carbons (Fsp3) is 0.214. The summed E-state index contributed by atoms with van der Waals surface area (Å²) in [6.07, 6.45) is 2.42. The quantitative estimate of drug-likeness (QED) is 0.403. The Morgan fingerprint density at radius 3 is 2.36 bits per heavy atom. The number of methoxy groups -OCH3 is 1. The van der Waals surface area contributed by atoms with Crippen LogP contribution >= 0.6 is 0 Å². The van der Waals surface area contributed by atoms with Crippen LogP contribution < -0.4 is 4.74 Å². The number of rotatable bonds is 7. The van der Waals surface area contributed by atoms with Gasteiger partial charge in [0.25, 0.3) is 0 Å². The van der Waals surface area contributed by atoms with Crippen LogP contribution in [0.5, 0.6) is 5.75 Å². The normalized spacial score (nSPS) is 19.2. The highest BCUT2D eigenvalue weighted by Gasteiger charge is 2.46. The number of ketones is 1. The van der Waals surface area contributed by atoms with E-state index in [1.165, 1.54) is 7.11 Å². The predicted molar refractivity (Wildman–Crippen MR) is 126 cm³/mol. The fourth-order valence-corrected chi connectivity index (χ4v) is 4.18. The van der Waals surface area contributed by atoms with E-state index in [4.69, 9.17) is 9.47 Å². The highest BCUT2D eigenvalue weighted by atomic mass is 16.5. The molecule has 1 aliphatic rings. The first kappa shape index (κ1) is 22.5. The molecule has 4 rings (SSSR count). The van der Waals surface area contributed by atoms with E-state index in [0.29, 0.717) is 40.7 Å². The molecule has 33 heavy (non-hydrogen) atoms. The van der Waals surface area contributed by atoms with Gasteiger partial charge in [-0.1, -0.05) is 54.6 Å². The van der Waals surface area contributed by atoms with E-state index in [9.17, 15) is 14.7 Å². The molecule has 3 aromatic carbocycles. The summed E-state index contributed by atoms with van der Waals surface area (Å²) in [5.74, 6) is 0.144. The summed E-state index contributed by atoms with van der Waals surface area (Å²) in [4.78, 5) is 24.9. The molecule has 2 atom stereocenters. The third kappa shape index (κ3) is 4.59. The average Bonchev–Trinajstić information content (AvgIpc) is 3.06. The molecule has 0 radical (unpaired) electrons. The highest BCUT2D eigenvalue weighted by molar-refractivity contribution is 6.17. The van der Waals surface area contributed by atoms with Gasteiger partial charge < -0.3 is 14.6 Å². The van der Waals surface area contributed by atoms with Crippen LogP contribution in [0, 0.1) is 0 Å². The van der Waals surface area contributed by atoms with Gasteiger partial charge in [-0.2, -0.15) is 0 Å². The van der Waals surface area contributed by atoms with Crippen LogP contribution in [0.4, 0.5) is 0 Å². The summed E-state index contributed by atoms with van der Waals surface area (Å²) < 4.78 is 10.7. The van der Waals surface area contributed by atoms with E-state index >= 15 is 0 Å². The van der Waals surface area contributed by atoms with Crippen molar-refractivity contribution in [2.45, 2.75) is 31.5 Å².